The topological polar surface area (TPSA) is 191 Å². The van der Waals surface area contributed by atoms with Crippen LogP contribution < -0.4 is 17.2 Å². The number of benzene rings is 3. The molecule has 12 nitrogen and oxygen atoms in total. The van der Waals surface area contributed by atoms with Crippen LogP contribution >= 0.6 is 0 Å². The lowest BCUT2D eigenvalue weighted by molar-refractivity contribution is -0.137. The minimum atomic E-state index is -4.67. The minimum absolute atomic E-state index is 0. The first-order valence-corrected chi connectivity index (χ1v) is 18.3. The van der Waals surface area contributed by atoms with Gasteiger partial charge in [0.25, 0.3) is 0 Å². The number of halogens is 3. The van der Waals surface area contributed by atoms with Crippen molar-refractivity contribution >= 4 is 16.1 Å². The molecule has 5 N–H and O–H groups in total. The second kappa shape index (κ2) is 15.1. The molecule has 3 aromatic carbocycles. The molecule has 1 amide bonds. The second-order valence-corrected chi connectivity index (χ2v) is 14.8. The van der Waals surface area contributed by atoms with Crippen molar-refractivity contribution in [2.45, 2.75) is 76.9 Å². The molecule has 0 bridgehead atoms. The van der Waals surface area contributed by atoms with E-state index in [1.165, 1.54) is 29.1 Å². The van der Waals surface area contributed by atoms with Crippen molar-refractivity contribution in [1.82, 2.24) is 30.4 Å². The SMILES string of the molecule is Cc1c(CC2CCC(NC(=O)n3c(-c4ccnn4-c4ccc(C#N)cc4)c(C)n(-c4cccc(C(F)(F)F)c4)c3=O)CC2)cc(S(=O)(=O)[O-])c(C)c1C.[NH4+]. The highest BCUT2D eigenvalue weighted by molar-refractivity contribution is 7.85. The summed E-state index contributed by atoms with van der Waals surface area (Å²) in [6.07, 6.45) is -0.201. The first-order chi connectivity index (χ1) is 25.0. The number of nitrogens with one attached hydrogen (secondary N) is 1. The Labute approximate surface area is 310 Å². The molecule has 5 aromatic rings. The summed E-state index contributed by atoms with van der Waals surface area (Å²) in [4.78, 5) is 28.1. The zero-order chi connectivity index (χ0) is 38.4. The highest BCUT2D eigenvalue weighted by Crippen LogP contribution is 2.34. The highest BCUT2D eigenvalue weighted by atomic mass is 32.2. The van der Waals surface area contributed by atoms with Crippen LogP contribution in [-0.2, 0) is 22.7 Å². The number of nitrogens with zero attached hydrogens (tertiary/aromatic N) is 5. The molecule has 0 spiro atoms. The van der Waals surface area contributed by atoms with Gasteiger partial charge in [-0.25, -0.2) is 27.3 Å². The van der Waals surface area contributed by atoms with E-state index in [0.29, 0.717) is 54.6 Å². The summed E-state index contributed by atoms with van der Waals surface area (Å²) in [7, 11) is -4.65. The average Bonchev–Trinajstić information content (AvgIpc) is 3.69. The lowest BCUT2D eigenvalue weighted by atomic mass is 9.81. The largest absolute Gasteiger partial charge is 0.744 e. The van der Waals surface area contributed by atoms with E-state index in [4.69, 9.17) is 0 Å². The average molecular weight is 764 g/mol. The molecule has 0 unspecified atom stereocenters. The van der Waals surface area contributed by atoms with Crippen molar-refractivity contribution in [3.05, 3.63) is 116 Å². The van der Waals surface area contributed by atoms with E-state index in [9.17, 15) is 41.0 Å². The van der Waals surface area contributed by atoms with E-state index in [1.54, 1.807) is 51.1 Å². The lowest BCUT2D eigenvalue weighted by Crippen LogP contribution is -2.44. The Bertz CT molecular complexity index is 2430. The third-order valence-corrected chi connectivity index (χ3v) is 11.2. The maximum Gasteiger partial charge on any atom is 0.416 e. The van der Waals surface area contributed by atoms with E-state index in [1.807, 2.05) is 13.0 Å². The summed E-state index contributed by atoms with van der Waals surface area (Å²) < 4.78 is 80.4. The molecule has 1 aliphatic carbocycles. The molecular weight excluding hydrogens is 724 g/mol. The van der Waals surface area contributed by atoms with Gasteiger partial charge >= 0.3 is 17.9 Å². The van der Waals surface area contributed by atoms with Crippen molar-refractivity contribution in [3.8, 4) is 28.8 Å². The maximum atomic E-state index is 14.2. The number of imidazole rings is 1. The van der Waals surface area contributed by atoms with Gasteiger partial charge in [-0.05, 0) is 143 Å². The summed E-state index contributed by atoms with van der Waals surface area (Å²) in [5.41, 5.74) is 2.58. The normalized spacial score (nSPS) is 16.1. The van der Waals surface area contributed by atoms with Crippen LogP contribution in [0.2, 0.25) is 0 Å². The van der Waals surface area contributed by atoms with E-state index < -0.39 is 33.6 Å². The summed E-state index contributed by atoms with van der Waals surface area (Å²) in [5, 5.41) is 16.6. The van der Waals surface area contributed by atoms with E-state index >= 15 is 0 Å². The molecule has 2 aromatic heterocycles. The Balaban J connectivity index is 0.00000561. The number of carbonyl (C=O) groups is 1. The fraction of sp³-hybridized carbons (Fsp3) is 0.316. The number of carbonyl (C=O) groups excluding carboxylic acids is 1. The first kappa shape index (κ1) is 39.7. The number of quaternary nitrogens is 1. The third kappa shape index (κ3) is 7.61. The monoisotopic (exact) mass is 763 g/mol. The van der Waals surface area contributed by atoms with Crippen LogP contribution in [-0.4, -0.2) is 44.0 Å². The van der Waals surface area contributed by atoms with Gasteiger partial charge in [0.1, 0.15) is 15.8 Å². The van der Waals surface area contributed by atoms with Gasteiger partial charge in [-0.15, -0.1) is 0 Å². The zero-order valence-corrected chi connectivity index (χ0v) is 31.2. The Kier molecular flexibility index (Phi) is 11.1. The van der Waals surface area contributed by atoms with Gasteiger partial charge in [-0.1, -0.05) is 6.07 Å². The van der Waals surface area contributed by atoms with Gasteiger partial charge in [0.15, 0.2) is 0 Å². The Hall–Kier alpha value is -5.50. The lowest BCUT2D eigenvalue weighted by Gasteiger charge is -2.30. The molecule has 2 heterocycles. The van der Waals surface area contributed by atoms with Gasteiger partial charge in [0.2, 0.25) is 0 Å². The molecule has 1 saturated carbocycles. The van der Waals surface area contributed by atoms with Crippen molar-refractivity contribution in [1.29, 1.82) is 5.26 Å². The summed E-state index contributed by atoms with van der Waals surface area (Å²) >= 11 is 0. The number of amides is 1. The zero-order valence-electron chi connectivity index (χ0n) is 30.4. The number of aromatic nitrogens is 4. The predicted molar refractivity (Wildman–Crippen MR) is 195 cm³/mol. The van der Waals surface area contributed by atoms with E-state index in [2.05, 4.69) is 10.4 Å². The number of hydrogen-bond donors (Lipinski definition) is 2. The Morgan fingerprint density at radius 1 is 0.963 bits per heavy atom. The predicted octanol–water partition coefficient (Wildman–Crippen LogP) is 7.26. The molecule has 0 atom stereocenters. The Morgan fingerprint density at radius 3 is 2.24 bits per heavy atom. The van der Waals surface area contributed by atoms with Crippen LogP contribution in [0.1, 0.15) is 64.8 Å². The van der Waals surface area contributed by atoms with Gasteiger partial charge in [-0.2, -0.15) is 23.5 Å². The quantitative estimate of drug-likeness (QED) is 0.163. The minimum Gasteiger partial charge on any atom is -0.744 e. The summed E-state index contributed by atoms with van der Waals surface area (Å²) in [6.45, 7) is 6.86. The second-order valence-electron chi connectivity index (χ2n) is 13.5. The smallest absolute Gasteiger partial charge is 0.416 e. The molecule has 284 valence electrons. The number of alkyl halides is 3. The number of rotatable bonds is 7. The van der Waals surface area contributed by atoms with Gasteiger partial charge in [0.05, 0.1) is 51.1 Å². The number of nitriles is 1. The van der Waals surface area contributed by atoms with Crippen LogP contribution in [0.4, 0.5) is 18.0 Å². The van der Waals surface area contributed by atoms with Crippen molar-refractivity contribution < 1.29 is 30.9 Å². The molecule has 1 fully saturated rings. The van der Waals surface area contributed by atoms with Crippen molar-refractivity contribution in [3.63, 3.8) is 0 Å². The molecule has 0 aliphatic heterocycles. The number of hydrogen-bond acceptors (Lipinski definition) is 7. The Morgan fingerprint density at radius 2 is 1.63 bits per heavy atom. The van der Waals surface area contributed by atoms with Crippen LogP contribution in [0, 0.1) is 44.9 Å². The molecule has 54 heavy (non-hydrogen) atoms. The van der Waals surface area contributed by atoms with Crippen LogP contribution in [0.5, 0.6) is 0 Å². The maximum absolute atomic E-state index is 14.2. The van der Waals surface area contributed by atoms with E-state index in [-0.39, 0.29) is 40.1 Å². The van der Waals surface area contributed by atoms with Gasteiger partial charge in [0, 0.05) is 6.04 Å². The standard InChI is InChI=1S/C38H37F3N6O5S.H3N/c1-22-23(2)28(19-34(24(22)3)53(50,51)52)18-26-8-12-30(13-9-26)44-36(48)46-35(33-16-17-43-47(33)31-14-10-27(21-42)11-15-31)25(4)45(37(46)49)32-7-5-6-29(20-32)38(39,40)41;/h5-7,10-11,14-17,19-20,26,30H,8-9,12-13,18H2,1-4H3,(H,44,48)(H,50,51,52);1H3. The highest BCUT2D eigenvalue weighted by Gasteiger charge is 2.33. The molecule has 16 heteroatoms. The van der Waals surface area contributed by atoms with Crippen LogP contribution in [0.15, 0.2) is 76.6 Å². The van der Waals surface area contributed by atoms with E-state index in [0.717, 1.165) is 38.0 Å². The first-order valence-electron chi connectivity index (χ1n) is 16.9. The summed E-state index contributed by atoms with van der Waals surface area (Å²) in [5.74, 6) is 0.149. The van der Waals surface area contributed by atoms with Crippen LogP contribution in [0.3, 0.4) is 0 Å². The molecule has 1 aliphatic rings. The van der Waals surface area contributed by atoms with Crippen molar-refractivity contribution in [2.75, 3.05) is 0 Å². The third-order valence-electron chi connectivity index (χ3n) is 10.3. The molecule has 6 rings (SSSR count). The molecule has 0 radical (unpaired) electrons. The van der Waals surface area contributed by atoms with Crippen LogP contribution in [0.25, 0.3) is 22.8 Å². The van der Waals surface area contributed by atoms with Crippen molar-refractivity contribution in [2.24, 2.45) is 5.92 Å². The van der Waals surface area contributed by atoms with Gasteiger partial charge < -0.3 is 16.0 Å². The fourth-order valence-electron chi connectivity index (χ4n) is 7.20. The molecular formula is C38H40F3N7O5S. The van der Waals surface area contributed by atoms with Gasteiger partial charge in [-0.3, -0.25) is 4.57 Å². The fourth-order valence-corrected chi connectivity index (χ4v) is 8.02. The molecule has 0 saturated heterocycles. The summed E-state index contributed by atoms with van der Waals surface area (Å²) in [6, 6.07) is 14.8.